The lowest BCUT2D eigenvalue weighted by Gasteiger charge is -2.33. The zero-order valence-electron chi connectivity index (χ0n) is 30.0. The molecule has 1 aliphatic carbocycles. The summed E-state index contributed by atoms with van der Waals surface area (Å²) in [5, 5.41) is 0. The van der Waals surface area contributed by atoms with Gasteiger partial charge in [0.15, 0.2) is 5.82 Å². The number of aromatic nitrogens is 3. The van der Waals surface area contributed by atoms with Crippen LogP contribution in [0.3, 0.4) is 0 Å². The molecule has 3 heteroatoms. The Morgan fingerprint density at radius 2 is 0.818 bits per heavy atom. The van der Waals surface area contributed by atoms with E-state index in [1.165, 1.54) is 38.9 Å². The number of pyridine rings is 1. The van der Waals surface area contributed by atoms with E-state index in [0.717, 1.165) is 44.8 Å². The van der Waals surface area contributed by atoms with Crippen molar-refractivity contribution in [3.8, 4) is 67.3 Å². The molecule has 0 amide bonds. The maximum absolute atomic E-state index is 5.13. The van der Waals surface area contributed by atoms with Crippen LogP contribution in [-0.2, 0) is 5.41 Å². The quantitative estimate of drug-likeness (QED) is 0.166. The van der Waals surface area contributed by atoms with Gasteiger partial charge in [-0.3, -0.25) is 4.98 Å². The van der Waals surface area contributed by atoms with Gasteiger partial charge in [-0.15, -0.1) is 0 Å². The highest BCUT2D eigenvalue weighted by atomic mass is 14.9. The number of rotatable bonds is 7. The second-order valence-corrected chi connectivity index (χ2v) is 14.0. The fourth-order valence-electron chi connectivity index (χ4n) is 8.29. The van der Waals surface area contributed by atoms with Gasteiger partial charge in [0.25, 0.3) is 0 Å². The zero-order chi connectivity index (χ0) is 36.6. The molecular formula is C52H35N3. The minimum atomic E-state index is -0.406. The van der Waals surface area contributed by atoms with Gasteiger partial charge in [0.2, 0.25) is 0 Å². The molecule has 0 bridgehead atoms. The highest BCUT2D eigenvalue weighted by Crippen LogP contribution is 2.56. The standard InChI is InChI=1S/C52H35N3/c1-4-13-38(14-5-1)49-34-50(55-51(54-49)40-28-24-37(25-29-40)42-15-12-32-53-35-42)39-26-22-36(23-27-39)41-30-31-48-46(33-41)45-20-10-11-21-47(45)52(48,43-16-6-2-7-17-43)44-18-8-3-9-19-44/h1-35H. The Kier molecular flexibility index (Phi) is 8.04. The van der Waals surface area contributed by atoms with Crippen LogP contribution in [0, 0.1) is 0 Å². The summed E-state index contributed by atoms with van der Waals surface area (Å²) in [4.78, 5) is 14.5. The van der Waals surface area contributed by atoms with Crippen molar-refractivity contribution in [3.63, 3.8) is 0 Å². The molecule has 0 unspecified atom stereocenters. The summed E-state index contributed by atoms with van der Waals surface area (Å²) in [7, 11) is 0. The summed E-state index contributed by atoms with van der Waals surface area (Å²) in [6.07, 6.45) is 3.68. The van der Waals surface area contributed by atoms with Crippen molar-refractivity contribution in [1.29, 1.82) is 0 Å². The number of fused-ring (bicyclic) bond motifs is 3. The summed E-state index contributed by atoms with van der Waals surface area (Å²) in [6.45, 7) is 0. The Balaban J connectivity index is 1.04. The van der Waals surface area contributed by atoms with Crippen molar-refractivity contribution in [2.24, 2.45) is 0 Å². The van der Waals surface area contributed by atoms with Gasteiger partial charge in [-0.1, -0.05) is 182 Å². The van der Waals surface area contributed by atoms with Gasteiger partial charge in [-0.2, -0.15) is 0 Å². The second kappa shape index (κ2) is 13.6. The first-order valence-electron chi connectivity index (χ1n) is 18.7. The summed E-state index contributed by atoms with van der Waals surface area (Å²) in [5.41, 5.74) is 16.6. The van der Waals surface area contributed by atoms with Crippen LogP contribution < -0.4 is 0 Å². The van der Waals surface area contributed by atoms with E-state index < -0.39 is 5.41 Å². The van der Waals surface area contributed by atoms with Crippen molar-refractivity contribution in [2.75, 3.05) is 0 Å². The molecule has 0 spiro atoms. The third-order valence-corrected chi connectivity index (χ3v) is 10.9. The van der Waals surface area contributed by atoms with Crippen LogP contribution in [0.1, 0.15) is 22.3 Å². The average molecular weight is 702 g/mol. The van der Waals surface area contributed by atoms with Crippen LogP contribution in [0.2, 0.25) is 0 Å². The average Bonchev–Trinajstić information content (AvgIpc) is 3.58. The fraction of sp³-hybridized carbons (Fsp3) is 0.0192. The van der Waals surface area contributed by atoms with Gasteiger partial charge in [0.05, 0.1) is 16.8 Å². The zero-order valence-corrected chi connectivity index (χ0v) is 30.0. The Morgan fingerprint density at radius 3 is 1.45 bits per heavy atom. The lowest BCUT2D eigenvalue weighted by Crippen LogP contribution is -2.28. The van der Waals surface area contributed by atoms with E-state index in [1.807, 2.05) is 30.5 Å². The minimum Gasteiger partial charge on any atom is -0.264 e. The van der Waals surface area contributed by atoms with Crippen molar-refractivity contribution in [2.45, 2.75) is 5.41 Å². The van der Waals surface area contributed by atoms with Crippen molar-refractivity contribution in [1.82, 2.24) is 15.0 Å². The third-order valence-electron chi connectivity index (χ3n) is 10.9. The normalized spacial score (nSPS) is 12.5. The minimum absolute atomic E-state index is 0.406. The molecule has 55 heavy (non-hydrogen) atoms. The predicted molar refractivity (Wildman–Crippen MR) is 224 cm³/mol. The van der Waals surface area contributed by atoms with Gasteiger partial charge in [-0.25, -0.2) is 9.97 Å². The molecule has 2 aromatic heterocycles. The molecule has 1 aliphatic rings. The van der Waals surface area contributed by atoms with Crippen LogP contribution in [-0.4, -0.2) is 15.0 Å². The van der Waals surface area contributed by atoms with Gasteiger partial charge >= 0.3 is 0 Å². The van der Waals surface area contributed by atoms with Gasteiger partial charge < -0.3 is 0 Å². The largest absolute Gasteiger partial charge is 0.264 e. The first-order valence-corrected chi connectivity index (χ1v) is 18.7. The van der Waals surface area contributed by atoms with Crippen LogP contribution in [0.4, 0.5) is 0 Å². The van der Waals surface area contributed by atoms with Crippen LogP contribution in [0.15, 0.2) is 213 Å². The van der Waals surface area contributed by atoms with Crippen LogP contribution in [0.25, 0.3) is 67.3 Å². The molecule has 258 valence electrons. The van der Waals surface area contributed by atoms with E-state index in [9.17, 15) is 0 Å². The number of benzene rings is 7. The molecule has 0 radical (unpaired) electrons. The van der Waals surface area contributed by atoms with Crippen LogP contribution in [0.5, 0.6) is 0 Å². The van der Waals surface area contributed by atoms with Crippen LogP contribution >= 0.6 is 0 Å². The SMILES string of the molecule is c1ccc(-c2cc(-c3ccc(-c4ccc5c(c4)-c4ccccc4C5(c4ccccc4)c4ccccc4)cc3)nc(-c3ccc(-c4cccnc4)cc3)n2)cc1. The molecule has 0 N–H and O–H groups in total. The molecular weight excluding hydrogens is 667 g/mol. The number of hydrogen-bond donors (Lipinski definition) is 0. The molecule has 3 nitrogen and oxygen atoms in total. The lowest BCUT2D eigenvalue weighted by molar-refractivity contribution is 0.768. The van der Waals surface area contributed by atoms with E-state index in [1.54, 1.807) is 6.20 Å². The molecule has 0 saturated heterocycles. The van der Waals surface area contributed by atoms with Gasteiger partial charge in [0.1, 0.15) is 0 Å². The van der Waals surface area contributed by atoms with E-state index in [2.05, 4.69) is 181 Å². The summed E-state index contributed by atoms with van der Waals surface area (Å²) < 4.78 is 0. The van der Waals surface area contributed by atoms with E-state index in [0.29, 0.717) is 5.82 Å². The second-order valence-electron chi connectivity index (χ2n) is 14.0. The van der Waals surface area contributed by atoms with Gasteiger partial charge in [0, 0.05) is 29.1 Å². The summed E-state index contributed by atoms with van der Waals surface area (Å²) >= 11 is 0. The van der Waals surface area contributed by atoms with E-state index in [-0.39, 0.29) is 0 Å². The molecule has 2 heterocycles. The Bertz CT molecular complexity index is 2720. The molecule has 10 rings (SSSR count). The lowest BCUT2D eigenvalue weighted by atomic mass is 9.67. The van der Waals surface area contributed by atoms with E-state index in [4.69, 9.17) is 9.97 Å². The molecule has 0 aliphatic heterocycles. The van der Waals surface area contributed by atoms with E-state index >= 15 is 0 Å². The topological polar surface area (TPSA) is 38.7 Å². The molecule has 0 fully saturated rings. The molecule has 0 atom stereocenters. The Hall–Kier alpha value is -7.23. The van der Waals surface area contributed by atoms with Crippen molar-refractivity contribution >= 4 is 0 Å². The molecule has 7 aromatic carbocycles. The number of hydrogen-bond acceptors (Lipinski definition) is 3. The molecule has 9 aromatic rings. The summed E-state index contributed by atoms with van der Waals surface area (Å²) in [5.74, 6) is 0.691. The summed E-state index contributed by atoms with van der Waals surface area (Å²) in [6, 6.07) is 71.4. The monoisotopic (exact) mass is 701 g/mol. The predicted octanol–water partition coefficient (Wildman–Crippen LogP) is 12.6. The fourth-order valence-corrected chi connectivity index (χ4v) is 8.29. The van der Waals surface area contributed by atoms with Crippen molar-refractivity contribution < 1.29 is 0 Å². The first kappa shape index (κ1) is 32.4. The highest BCUT2D eigenvalue weighted by Gasteiger charge is 2.45. The Labute approximate surface area is 321 Å². The highest BCUT2D eigenvalue weighted by molar-refractivity contribution is 5.89. The smallest absolute Gasteiger partial charge is 0.160 e. The molecule has 0 saturated carbocycles. The number of nitrogens with zero attached hydrogens (tertiary/aromatic N) is 3. The maximum Gasteiger partial charge on any atom is 0.160 e. The first-order chi connectivity index (χ1) is 27.3. The third kappa shape index (κ3) is 5.65. The maximum atomic E-state index is 5.13. The van der Waals surface area contributed by atoms with Crippen molar-refractivity contribution in [3.05, 3.63) is 235 Å². The Morgan fingerprint density at radius 1 is 0.327 bits per heavy atom. The van der Waals surface area contributed by atoms with Gasteiger partial charge in [-0.05, 0) is 73.8 Å².